The molecule has 0 fully saturated rings. The smallest absolute Gasteiger partial charge is 0.335 e. The predicted molar refractivity (Wildman–Crippen MR) is 95.6 cm³/mol. The van der Waals surface area contributed by atoms with Crippen LogP contribution < -0.4 is 11.1 Å². The molecule has 0 spiro atoms. The highest BCUT2D eigenvalue weighted by molar-refractivity contribution is 7.20. The second kappa shape index (κ2) is 5.87. The summed E-state index contributed by atoms with van der Waals surface area (Å²) in [7, 11) is 0. The van der Waals surface area contributed by atoms with E-state index in [9.17, 15) is 4.79 Å². The highest BCUT2D eigenvalue weighted by Gasteiger charge is 2.13. The maximum Gasteiger partial charge on any atom is 0.335 e. The molecule has 0 aliphatic carbocycles. The lowest BCUT2D eigenvalue weighted by Gasteiger charge is -2.02. The summed E-state index contributed by atoms with van der Waals surface area (Å²) in [6, 6.07) is 14.1. The number of hydrogen-bond acceptors (Lipinski definition) is 7. The molecule has 2 heterocycles. The third kappa shape index (κ3) is 2.88. The number of aromatic nitrogens is 4. The zero-order valence-corrected chi connectivity index (χ0v) is 13.6. The Morgan fingerprint density at radius 2 is 2.00 bits per heavy atom. The van der Waals surface area contributed by atoms with Gasteiger partial charge in [0.25, 0.3) is 0 Å². The summed E-state index contributed by atoms with van der Waals surface area (Å²) in [4.78, 5) is 19.7. The van der Waals surface area contributed by atoms with E-state index in [1.807, 2.05) is 24.3 Å². The first-order valence-electron chi connectivity index (χ1n) is 7.29. The maximum absolute atomic E-state index is 11.0. The minimum Gasteiger partial charge on any atom is -0.478 e. The number of nitrogens with one attached hydrogen (secondary N) is 1. The second-order valence-corrected chi connectivity index (χ2v) is 6.19. The van der Waals surface area contributed by atoms with Crippen LogP contribution in [-0.4, -0.2) is 30.8 Å². The molecule has 9 heteroatoms. The van der Waals surface area contributed by atoms with Gasteiger partial charge in [0.15, 0.2) is 0 Å². The first-order valence-corrected chi connectivity index (χ1v) is 8.11. The Kier molecular flexibility index (Phi) is 3.55. The fourth-order valence-corrected chi connectivity index (χ4v) is 3.25. The van der Waals surface area contributed by atoms with E-state index in [1.165, 1.54) is 28.2 Å². The van der Waals surface area contributed by atoms with Crippen molar-refractivity contribution in [3.63, 3.8) is 0 Å². The van der Waals surface area contributed by atoms with Gasteiger partial charge in [0.1, 0.15) is 0 Å². The van der Waals surface area contributed by atoms with Crippen LogP contribution in [-0.2, 0) is 0 Å². The lowest BCUT2D eigenvalue weighted by Crippen LogP contribution is -2.02. The van der Waals surface area contributed by atoms with Crippen LogP contribution in [0, 0.1) is 0 Å². The molecule has 0 amide bonds. The topological polar surface area (TPSA) is 119 Å². The average Bonchev–Trinajstić information content (AvgIpc) is 3.18. The Bertz CT molecular complexity index is 1050. The molecule has 4 rings (SSSR count). The van der Waals surface area contributed by atoms with E-state index in [-0.39, 0.29) is 17.5 Å². The molecule has 0 radical (unpaired) electrons. The van der Waals surface area contributed by atoms with E-state index in [0.717, 1.165) is 10.2 Å². The summed E-state index contributed by atoms with van der Waals surface area (Å²) < 4.78 is 2.48. The van der Waals surface area contributed by atoms with Gasteiger partial charge in [-0.1, -0.05) is 29.5 Å². The molecule has 0 aliphatic heterocycles. The van der Waals surface area contributed by atoms with Gasteiger partial charge in [0, 0.05) is 5.69 Å². The van der Waals surface area contributed by atoms with Gasteiger partial charge >= 0.3 is 5.97 Å². The van der Waals surface area contributed by atoms with Gasteiger partial charge in [-0.05, 0) is 30.3 Å². The number of hydrogen-bond donors (Lipinski definition) is 3. The number of para-hydroxylation sites is 1. The monoisotopic (exact) mass is 352 g/mol. The maximum atomic E-state index is 11.0. The number of rotatable bonds is 4. The second-order valence-electron chi connectivity index (χ2n) is 5.18. The third-order valence-electron chi connectivity index (χ3n) is 3.46. The van der Waals surface area contributed by atoms with Crippen LogP contribution in [0.3, 0.4) is 0 Å². The van der Waals surface area contributed by atoms with E-state index >= 15 is 0 Å². The number of carboxylic acid groups (broad SMARTS) is 1. The number of carboxylic acids is 1. The number of benzene rings is 2. The Morgan fingerprint density at radius 3 is 2.80 bits per heavy atom. The molecule has 4 aromatic rings. The van der Waals surface area contributed by atoms with Crippen molar-refractivity contribution in [2.75, 3.05) is 11.1 Å². The summed E-state index contributed by atoms with van der Waals surface area (Å²) in [5.74, 6) is -0.550. The minimum absolute atomic E-state index is 0.170. The Labute approximate surface area is 145 Å². The largest absolute Gasteiger partial charge is 0.478 e. The Balaban J connectivity index is 1.66. The van der Waals surface area contributed by atoms with Crippen LogP contribution in [0.5, 0.6) is 0 Å². The number of carbonyl (C=O) groups is 1. The summed E-state index contributed by atoms with van der Waals surface area (Å²) in [5, 5.41) is 16.9. The lowest BCUT2D eigenvalue weighted by atomic mass is 10.2. The minimum atomic E-state index is -1.00. The first-order chi connectivity index (χ1) is 12.1. The van der Waals surface area contributed by atoms with Crippen LogP contribution in [0.25, 0.3) is 15.3 Å². The summed E-state index contributed by atoms with van der Waals surface area (Å²) in [5.41, 5.74) is 7.54. The van der Waals surface area contributed by atoms with Gasteiger partial charge in [-0.2, -0.15) is 9.67 Å². The van der Waals surface area contributed by atoms with Gasteiger partial charge in [0.05, 0.1) is 15.8 Å². The highest BCUT2D eigenvalue weighted by atomic mass is 32.1. The molecule has 8 nitrogen and oxygen atoms in total. The van der Waals surface area contributed by atoms with E-state index in [4.69, 9.17) is 10.8 Å². The van der Waals surface area contributed by atoms with Crippen molar-refractivity contribution >= 4 is 45.1 Å². The summed E-state index contributed by atoms with van der Waals surface area (Å²) >= 11 is 1.45. The molecule has 4 N–H and O–H groups in total. The number of fused-ring (bicyclic) bond motifs is 1. The lowest BCUT2D eigenvalue weighted by molar-refractivity contribution is 0.0697. The quantitative estimate of drug-likeness (QED) is 0.516. The fourth-order valence-electron chi connectivity index (χ4n) is 2.33. The molecule has 2 aromatic carbocycles. The highest BCUT2D eigenvalue weighted by Crippen LogP contribution is 2.26. The molecule has 0 saturated heterocycles. The van der Waals surface area contributed by atoms with Gasteiger partial charge in [-0.15, -0.1) is 5.10 Å². The molecule has 0 aliphatic rings. The van der Waals surface area contributed by atoms with Crippen LogP contribution in [0.2, 0.25) is 0 Å². The Hall–Kier alpha value is -3.46. The van der Waals surface area contributed by atoms with Crippen molar-refractivity contribution in [3.8, 4) is 5.13 Å². The molecule has 0 atom stereocenters. The normalized spacial score (nSPS) is 10.9. The van der Waals surface area contributed by atoms with E-state index in [0.29, 0.717) is 10.8 Å². The third-order valence-corrected chi connectivity index (χ3v) is 4.47. The van der Waals surface area contributed by atoms with Crippen molar-refractivity contribution in [3.05, 3.63) is 54.1 Å². The molecular weight excluding hydrogens is 340 g/mol. The number of nitrogens with zero attached hydrogens (tertiary/aromatic N) is 4. The van der Waals surface area contributed by atoms with Gasteiger partial charge in [0.2, 0.25) is 17.0 Å². The summed E-state index contributed by atoms with van der Waals surface area (Å²) in [6.45, 7) is 0. The molecule has 2 aromatic heterocycles. The molecule has 0 saturated carbocycles. The van der Waals surface area contributed by atoms with Crippen molar-refractivity contribution in [2.45, 2.75) is 0 Å². The van der Waals surface area contributed by atoms with Crippen LogP contribution in [0.15, 0.2) is 48.5 Å². The van der Waals surface area contributed by atoms with Gasteiger partial charge < -0.3 is 16.2 Å². The molecule has 0 bridgehead atoms. The molecule has 0 unspecified atom stereocenters. The number of nitrogen functional groups attached to an aromatic ring is 1. The number of aromatic carboxylic acids is 1. The fraction of sp³-hybridized carbons (Fsp3) is 0. The van der Waals surface area contributed by atoms with Crippen LogP contribution in [0.1, 0.15) is 10.4 Å². The van der Waals surface area contributed by atoms with Crippen molar-refractivity contribution in [1.29, 1.82) is 0 Å². The SMILES string of the molecule is Nc1nc(Nc2cccc(C(=O)O)c2)nn1-c1nc2ccccc2s1. The zero-order chi connectivity index (χ0) is 17.4. The summed E-state index contributed by atoms with van der Waals surface area (Å²) in [6.07, 6.45) is 0. The van der Waals surface area contributed by atoms with E-state index in [1.54, 1.807) is 12.1 Å². The standard InChI is InChI=1S/C16H12N6O2S/c17-14-20-15(18-10-5-3-4-9(8-10)13(23)24)21-22(14)16-19-11-6-1-2-7-12(11)25-16/h1-8H,(H,23,24)(H3,17,18,20,21). The van der Waals surface area contributed by atoms with E-state index < -0.39 is 5.97 Å². The van der Waals surface area contributed by atoms with Crippen molar-refractivity contribution < 1.29 is 9.90 Å². The molecular formula is C16H12N6O2S. The number of thiazole rings is 1. The van der Waals surface area contributed by atoms with Gasteiger partial charge in [-0.3, -0.25) is 0 Å². The van der Waals surface area contributed by atoms with Crippen LogP contribution in [0.4, 0.5) is 17.6 Å². The number of nitrogens with two attached hydrogens (primary N) is 1. The van der Waals surface area contributed by atoms with Crippen LogP contribution >= 0.6 is 11.3 Å². The van der Waals surface area contributed by atoms with Crippen molar-refractivity contribution in [1.82, 2.24) is 19.7 Å². The Morgan fingerprint density at radius 1 is 1.16 bits per heavy atom. The van der Waals surface area contributed by atoms with Crippen molar-refractivity contribution in [2.24, 2.45) is 0 Å². The number of anilines is 3. The first kappa shape index (κ1) is 15.1. The predicted octanol–water partition coefficient (Wildman–Crippen LogP) is 2.90. The zero-order valence-electron chi connectivity index (χ0n) is 12.7. The van der Waals surface area contributed by atoms with Gasteiger partial charge in [-0.25, -0.2) is 9.78 Å². The molecule has 25 heavy (non-hydrogen) atoms. The van der Waals surface area contributed by atoms with E-state index in [2.05, 4.69) is 20.4 Å². The average molecular weight is 352 g/mol. The molecule has 124 valence electrons.